The van der Waals surface area contributed by atoms with Crippen molar-refractivity contribution in [1.29, 1.82) is 0 Å². The molecule has 21 heavy (non-hydrogen) atoms. The number of nitrogens with one attached hydrogen (secondary N) is 1. The number of benzene rings is 2. The van der Waals surface area contributed by atoms with E-state index < -0.39 is 4.92 Å². The summed E-state index contributed by atoms with van der Waals surface area (Å²) in [5, 5.41) is 15.0. The van der Waals surface area contributed by atoms with Crippen molar-refractivity contribution in [3.8, 4) is 0 Å². The SMILES string of the molecule is CC(Nc1c(Cl)cc([N+](=O)[O-])cc1Cl)c1ccc(Cl)cc1. The fraction of sp³-hybridized carbons (Fsp3) is 0.143. The minimum Gasteiger partial charge on any atom is -0.376 e. The molecule has 0 saturated carbocycles. The Hall–Kier alpha value is -1.49. The molecule has 0 heterocycles. The molecule has 2 rings (SSSR count). The molecule has 0 radical (unpaired) electrons. The van der Waals surface area contributed by atoms with Crippen LogP contribution in [-0.4, -0.2) is 4.92 Å². The monoisotopic (exact) mass is 344 g/mol. The van der Waals surface area contributed by atoms with Crippen LogP contribution in [0.3, 0.4) is 0 Å². The van der Waals surface area contributed by atoms with E-state index in [0.717, 1.165) is 5.56 Å². The minimum absolute atomic E-state index is 0.0845. The Morgan fingerprint density at radius 1 is 1.10 bits per heavy atom. The average molecular weight is 346 g/mol. The lowest BCUT2D eigenvalue weighted by Crippen LogP contribution is -2.07. The van der Waals surface area contributed by atoms with Gasteiger partial charge in [0.05, 0.1) is 20.7 Å². The van der Waals surface area contributed by atoms with Gasteiger partial charge in [-0.2, -0.15) is 0 Å². The van der Waals surface area contributed by atoms with E-state index in [-0.39, 0.29) is 21.8 Å². The van der Waals surface area contributed by atoms with Gasteiger partial charge in [-0.3, -0.25) is 10.1 Å². The van der Waals surface area contributed by atoms with Crippen LogP contribution in [0, 0.1) is 10.1 Å². The molecule has 0 aromatic heterocycles. The molecule has 0 fully saturated rings. The van der Waals surface area contributed by atoms with Crippen molar-refractivity contribution in [3.05, 3.63) is 67.1 Å². The predicted molar refractivity (Wildman–Crippen MR) is 86.6 cm³/mol. The molecule has 2 aromatic carbocycles. The van der Waals surface area contributed by atoms with Gasteiger partial charge in [0.15, 0.2) is 0 Å². The lowest BCUT2D eigenvalue weighted by atomic mass is 10.1. The highest BCUT2D eigenvalue weighted by molar-refractivity contribution is 6.39. The maximum absolute atomic E-state index is 10.7. The van der Waals surface area contributed by atoms with Crippen molar-refractivity contribution in [1.82, 2.24) is 0 Å². The average Bonchev–Trinajstić information content (AvgIpc) is 2.43. The molecule has 0 aliphatic rings. The first-order valence-corrected chi connectivity index (χ1v) is 7.17. The van der Waals surface area contributed by atoms with Gasteiger partial charge in [0, 0.05) is 23.2 Å². The molecule has 110 valence electrons. The Bertz CT molecular complexity index is 651. The Labute approximate surface area is 136 Å². The summed E-state index contributed by atoms with van der Waals surface area (Å²) >= 11 is 18.0. The highest BCUT2D eigenvalue weighted by atomic mass is 35.5. The smallest absolute Gasteiger partial charge is 0.272 e. The molecule has 0 aliphatic heterocycles. The molecule has 1 N–H and O–H groups in total. The van der Waals surface area contributed by atoms with Crippen molar-refractivity contribution >= 4 is 46.2 Å². The first-order valence-electron chi connectivity index (χ1n) is 6.04. The molecule has 0 bridgehead atoms. The quantitative estimate of drug-likeness (QED) is 0.569. The van der Waals surface area contributed by atoms with Gasteiger partial charge in [0.2, 0.25) is 0 Å². The summed E-state index contributed by atoms with van der Waals surface area (Å²) in [5.41, 5.74) is 1.31. The number of anilines is 1. The van der Waals surface area contributed by atoms with Crippen LogP contribution in [0.25, 0.3) is 0 Å². The van der Waals surface area contributed by atoms with Gasteiger partial charge in [-0.1, -0.05) is 46.9 Å². The van der Waals surface area contributed by atoms with Crippen LogP contribution in [-0.2, 0) is 0 Å². The van der Waals surface area contributed by atoms with Gasteiger partial charge >= 0.3 is 0 Å². The van der Waals surface area contributed by atoms with Gasteiger partial charge in [-0.25, -0.2) is 0 Å². The van der Waals surface area contributed by atoms with E-state index in [1.54, 1.807) is 12.1 Å². The fourth-order valence-corrected chi connectivity index (χ4v) is 2.56. The number of nitrogens with zero attached hydrogens (tertiary/aromatic N) is 1. The number of nitro benzene ring substituents is 1. The van der Waals surface area contributed by atoms with Crippen LogP contribution < -0.4 is 5.32 Å². The van der Waals surface area contributed by atoms with Gasteiger partial charge in [0.25, 0.3) is 5.69 Å². The molecule has 0 aliphatic carbocycles. The minimum atomic E-state index is -0.538. The van der Waals surface area contributed by atoms with Crippen LogP contribution in [0.15, 0.2) is 36.4 Å². The van der Waals surface area contributed by atoms with Gasteiger partial charge < -0.3 is 5.32 Å². The first-order chi connectivity index (χ1) is 9.88. The van der Waals surface area contributed by atoms with Crippen LogP contribution >= 0.6 is 34.8 Å². The molecule has 0 spiro atoms. The largest absolute Gasteiger partial charge is 0.376 e. The van der Waals surface area contributed by atoms with Crippen molar-refractivity contribution in [3.63, 3.8) is 0 Å². The summed E-state index contributed by atoms with van der Waals surface area (Å²) in [6.07, 6.45) is 0. The first kappa shape index (κ1) is 15.9. The van der Waals surface area contributed by atoms with Crippen molar-refractivity contribution in [2.45, 2.75) is 13.0 Å². The van der Waals surface area contributed by atoms with Crippen LogP contribution in [0.5, 0.6) is 0 Å². The lowest BCUT2D eigenvalue weighted by molar-refractivity contribution is -0.384. The van der Waals surface area contributed by atoms with Crippen molar-refractivity contribution < 1.29 is 4.92 Å². The third kappa shape index (κ3) is 3.79. The second-order valence-electron chi connectivity index (χ2n) is 4.46. The third-order valence-corrected chi connectivity index (χ3v) is 3.82. The predicted octanol–water partition coefficient (Wildman–Crippen LogP) is 5.73. The standard InChI is InChI=1S/C14H11Cl3N2O2/c1-8(9-2-4-10(15)5-3-9)18-14-12(16)6-11(19(20)21)7-13(14)17/h2-8,18H,1H3. The number of rotatable bonds is 4. The van der Waals surface area contributed by atoms with E-state index in [9.17, 15) is 10.1 Å². The molecular weight excluding hydrogens is 335 g/mol. The summed E-state index contributed by atoms with van der Waals surface area (Å²) < 4.78 is 0. The van der Waals surface area contributed by atoms with Gasteiger partial charge in [-0.15, -0.1) is 0 Å². The number of hydrogen-bond acceptors (Lipinski definition) is 3. The maximum Gasteiger partial charge on any atom is 0.272 e. The molecule has 1 unspecified atom stereocenters. The summed E-state index contributed by atoms with van der Waals surface area (Å²) in [6.45, 7) is 1.93. The summed E-state index contributed by atoms with van der Waals surface area (Å²) in [7, 11) is 0. The maximum atomic E-state index is 10.7. The summed E-state index contributed by atoms with van der Waals surface area (Å²) in [6, 6.07) is 9.79. The number of halogens is 3. The molecule has 0 amide bonds. The molecule has 2 aromatic rings. The van der Waals surface area contributed by atoms with Gasteiger partial charge in [0.1, 0.15) is 0 Å². The van der Waals surface area contributed by atoms with E-state index >= 15 is 0 Å². The third-order valence-electron chi connectivity index (χ3n) is 2.97. The Balaban J connectivity index is 2.27. The van der Waals surface area contributed by atoms with Crippen LogP contribution in [0.1, 0.15) is 18.5 Å². The second kappa shape index (κ2) is 6.52. The molecule has 7 heteroatoms. The number of non-ortho nitro benzene ring substituents is 1. The summed E-state index contributed by atoms with van der Waals surface area (Å²) in [5.74, 6) is 0. The van der Waals surface area contributed by atoms with E-state index in [0.29, 0.717) is 10.7 Å². The van der Waals surface area contributed by atoms with Crippen LogP contribution in [0.4, 0.5) is 11.4 Å². The number of nitro groups is 1. The van der Waals surface area contributed by atoms with Gasteiger partial charge in [-0.05, 0) is 24.6 Å². The summed E-state index contributed by atoms with van der Waals surface area (Å²) in [4.78, 5) is 10.2. The van der Waals surface area contributed by atoms with Crippen LogP contribution in [0.2, 0.25) is 15.1 Å². The van der Waals surface area contributed by atoms with E-state index in [1.807, 2.05) is 19.1 Å². The van der Waals surface area contributed by atoms with E-state index in [2.05, 4.69) is 5.32 Å². The molecule has 4 nitrogen and oxygen atoms in total. The zero-order valence-corrected chi connectivity index (χ0v) is 13.2. The fourth-order valence-electron chi connectivity index (χ4n) is 1.85. The van der Waals surface area contributed by atoms with Crippen molar-refractivity contribution in [2.24, 2.45) is 0 Å². The molecule has 0 saturated heterocycles. The molecular formula is C14H11Cl3N2O2. The lowest BCUT2D eigenvalue weighted by Gasteiger charge is -2.18. The Morgan fingerprint density at radius 3 is 2.10 bits per heavy atom. The second-order valence-corrected chi connectivity index (χ2v) is 5.71. The topological polar surface area (TPSA) is 55.2 Å². The zero-order valence-electron chi connectivity index (χ0n) is 10.9. The zero-order chi connectivity index (χ0) is 15.6. The highest BCUT2D eigenvalue weighted by Crippen LogP contribution is 2.36. The Kier molecular flexibility index (Phi) is 4.93. The van der Waals surface area contributed by atoms with E-state index in [1.165, 1.54) is 12.1 Å². The Morgan fingerprint density at radius 2 is 1.62 bits per heavy atom. The highest BCUT2D eigenvalue weighted by Gasteiger charge is 2.16. The number of hydrogen-bond donors (Lipinski definition) is 1. The normalized spacial score (nSPS) is 12.0. The van der Waals surface area contributed by atoms with Crippen molar-refractivity contribution in [2.75, 3.05) is 5.32 Å². The van der Waals surface area contributed by atoms with E-state index in [4.69, 9.17) is 34.8 Å². The molecule has 1 atom stereocenters.